The van der Waals surface area contributed by atoms with Crippen LogP contribution in [0.3, 0.4) is 0 Å². The minimum atomic E-state index is -3.70. The van der Waals surface area contributed by atoms with Crippen LogP contribution < -0.4 is 4.87 Å². The second kappa shape index (κ2) is 8.94. The summed E-state index contributed by atoms with van der Waals surface area (Å²) >= 11 is 1.05. The van der Waals surface area contributed by atoms with Gasteiger partial charge in [-0.2, -0.15) is 4.31 Å². The largest absolute Gasteiger partial charge is 0.466 e. The topological polar surface area (TPSA) is 85.7 Å². The molecule has 2 aromatic carbocycles. The average molecular weight is 461 g/mol. The van der Waals surface area contributed by atoms with Crippen molar-refractivity contribution in [3.05, 3.63) is 63.8 Å². The van der Waals surface area contributed by atoms with E-state index in [0.717, 1.165) is 22.4 Å². The van der Waals surface area contributed by atoms with E-state index in [1.807, 2.05) is 30.3 Å². The van der Waals surface area contributed by atoms with Crippen LogP contribution in [0.1, 0.15) is 25.3 Å². The van der Waals surface area contributed by atoms with Gasteiger partial charge in [0, 0.05) is 13.1 Å². The van der Waals surface area contributed by atoms with Crippen LogP contribution in [0.5, 0.6) is 0 Å². The van der Waals surface area contributed by atoms with Gasteiger partial charge in [0.2, 0.25) is 10.0 Å². The van der Waals surface area contributed by atoms with Gasteiger partial charge in [0.1, 0.15) is 0 Å². The third kappa shape index (κ3) is 4.44. The van der Waals surface area contributed by atoms with Crippen LogP contribution in [0.15, 0.2) is 58.2 Å². The Hall–Kier alpha value is -2.49. The highest BCUT2D eigenvalue weighted by atomic mass is 32.2. The normalized spacial score (nSPS) is 15.9. The molecule has 0 spiro atoms. The van der Waals surface area contributed by atoms with Gasteiger partial charge >= 0.3 is 10.8 Å². The summed E-state index contributed by atoms with van der Waals surface area (Å²) in [7, 11) is -3.70. The molecule has 0 N–H and O–H groups in total. The Kier molecular flexibility index (Phi) is 6.27. The van der Waals surface area contributed by atoms with E-state index < -0.39 is 10.0 Å². The summed E-state index contributed by atoms with van der Waals surface area (Å²) in [6, 6.07) is 14.5. The highest BCUT2D eigenvalue weighted by Crippen LogP contribution is 2.28. The second-order valence-corrected chi connectivity index (χ2v) is 10.4. The van der Waals surface area contributed by atoms with Crippen molar-refractivity contribution in [3.63, 3.8) is 0 Å². The number of hydrogen-bond acceptors (Lipinski definition) is 6. The summed E-state index contributed by atoms with van der Waals surface area (Å²) in [4.78, 5) is 24.5. The van der Waals surface area contributed by atoms with E-state index in [4.69, 9.17) is 4.74 Å². The monoisotopic (exact) mass is 460 g/mol. The van der Waals surface area contributed by atoms with E-state index in [2.05, 4.69) is 0 Å². The minimum absolute atomic E-state index is 0.122. The lowest BCUT2D eigenvalue weighted by molar-refractivity contribution is -0.149. The van der Waals surface area contributed by atoms with Crippen molar-refractivity contribution < 1.29 is 17.9 Å². The zero-order valence-electron chi connectivity index (χ0n) is 17.2. The molecule has 0 amide bonds. The van der Waals surface area contributed by atoms with Gasteiger partial charge in [0.25, 0.3) is 0 Å². The van der Waals surface area contributed by atoms with E-state index in [1.165, 1.54) is 4.31 Å². The summed E-state index contributed by atoms with van der Waals surface area (Å²) in [6.45, 7) is 3.07. The first-order valence-corrected chi connectivity index (χ1v) is 12.5. The molecule has 164 valence electrons. The van der Waals surface area contributed by atoms with Crippen molar-refractivity contribution in [1.82, 2.24) is 8.87 Å². The summed E-state index contributed by atoms with van der Waals surface area (Å²) in [6.07, 6.45) is 0.891. The van der Waals surface area contributed by atoms with Crippen molar-refractivity contribution in [2.24, 2.45) is 5.92 Å². The van der Waals surface area contributed by atoms with Gasteiger partial charge in [-0.3, -0.25) is 14.2 Å². The fourth-order valence-electron chi connectivity index (χ4n) is 3.86. The zero-order valence-corrected chi connectivity index (χ0v) is 18.8. The molecule has 0 aliphatic carbocycles. The number of carbonyl (C=O) groups excluding carboxylic acids is 1. The Labute approximate surface area is 184 Å². The molecule has 0 atom stereocenters. The Balaban J connectivity index is 1.56. The van der Waals surface area contributed by atoms with E-state index in [1.54, 1.807) is 29.7 Å². The van der Waals surface area contributed by atoms with Gasteiger partial charge in [0.15, 0.2) is 0 Å². The Morgan fingerprint density at radius 2 is 1.84 bits per heavy atom. The first kappa shape index (κ1) is 21.7. The molecule has 0 unspecified atom stereocenters. The lowest BCUT2D eigenvalue weighted by Gasteiger charge is -2.30. The van der Waals surface area contributed by atoms with Gasteiger partial charge in [-0.1, -0.05) is 41.7 Å². The highest BCUT2D eigenvalue weighted by Gasteiger charge is 2.33. The summed E-state index contributed by atoms with van der Waals surface area (Å²) in [5, 5.41) is 0. The van der Waals surface area contributed by atoms with Crippen LogP contribution in [0.4, 0.5) is 0 Å². The average Bonchev–Trinajstić information content (AvgIpc) is 3.09. The van der Waals surface area contributed by atoms with Crippen molar-refractivity contribution in [1.29, 1.82) is 0 Å². The molecular weight excluding hydrogens is 436 g/mol. The number of sulfonamides is 1. The maximum atomic E-state index is 13.1. The Morgan fingerprint density at radius 3 is 2.52 bits per heavy atom. The lowest BCUT2D eigenvalue weighted by Crippen LogP contribution is -2.40. The van der Waals surface area contributed by atoms with Crippen LogP contribution in [-0.4, -0.2) is 43.0 Å². The molecule has 2 heterocycles. The molecular formula is C22H24N2O5S2. The standard InChI is InChI=1S/C22H24N2O5S2/c1-2-29-21(25)17-10-12-23(13-11-17)31(27,28)18-8-9-19-20(14-18)30-22(26)24(19)15-16-6-4-3-5-7-16/h3-9,14,17H,2,10-13,15H2,1H3. The van der Waals surface area contributed by atoms with Crippen LogP contribution in [-0.2, 0) is 26.1 Å². The number of rotatable bonds is 6. The highest BCUT2D eigenvalue weighted by molar-refractivity contribution is 7.89. The number of hydrogen-bond donors (Lipinski definition) is 0. The van der Waals surface area contributed by atoms with E-state index in [0.29, 0.717) is 30.7 Å². The minimum Gasteiger partial charge on any atom is -0.466 e. The Bertz CT molecular complexity index is 1240. The van der Waals surface area contributed by atoms with Crippen LogP contribution >= 0.6 is 11.3 Å². The van der Waals surface area contributed by atoms with Gasteiger partial charge in [-0.25, -0.2) is 8.42 Å². The second-order valence-electron chi connectivity index (χ2n) is 7.50. The van der Waals surface area contributed by atoms with Gasteiger partial charge in [0.05, 0.1) is 34.2 Å². The van der Waals surface area contributed by atoms with E-state index in [9.17, 15) is 18.0 Å². The molecule has 0 radical (unpaired) electrons. The number of piperidine rings is 1. The molecule has 1 aliphatic heterocycles. The van der Waals surface area contributed by atoms with Crippen LogP contribution in [0, 0.1) is 5.92 Å². The molecule has 31 heavy (non-hydrogen) atoms. The lowest BCUT2D eigenvalue weighted by atomic mass is 9.98. The van der Waals surface area contributed by atoms with Crippen molar-refractivity contribution >= 4 is 37.5 Å². The van der Waals surface area contributed by atoms with Crippen molar-refractivity contribution in [2.45, 2.75) is 31.2 Å². The molecule has 1 saturated heterocycles. The van der Waals surface area contributed by atoms with Gasteiger partial charge in [-0.05, 0) is 43.5 Å². The molecule has 0 bridgehead atoms. The molecule has 3 aromatic rings. The predicted molar refractivity (Wildman–Crippen MR) is 120 cm³/mol. The quantitative estimate of drug-likeness (QED) is 0.528. The number of esters is 1. The number of nitrogens with zero attached hydrogens (tertiary/aromatic N) is 2. The van der Waals surface area contributed by atoms with E-state index in [-0.39, 0.29) is 34.7 Å². The molecule has 0 saturated carbocycles. The summed E-state index contributed by atoms with van der Waals surface area (Å²) < 4.78 is 35.1. The maximum Gasteiger partial charge on any atom is 0.309 e. The number of carbonyl (C=O) groups is 1. The number of benzene rings is 2. The van der Waals surface area contributed by atoms with Gasteiger partial charge < -0.3 is 4.74 Å². The van der Waals surface area contributed by atoms with Crippen molar-refractivity contribution in [3.8, 4) is 0 Å². The first-order chi connectivity index (χ1) is 14.9. The smallest absolute Gasteiger partial charge is 0.309 e. The Morgan fingerprint density at radius 1 is 1.13 bits per heavy atom. The molecule has 9 heteroatoms. The fourth-order valence-corrected chi connectivity index (χ4v) is 6.36. The SMILES string of the molecule is CCOC(=O)C1CCN(S(=O)(=O)c2ccc3c(c2)sc(=O)n3Cc2ccccc2)CC1. The van der Waals surface area contributed by atoms with Crippen LogP contribution in [0.25, 0.3) is 10.2 Å². The molecule has 7 nitrogen and oxygen atoms in total. The molecule has 1 fully saturated rings. The van der Waals surface area contributed by atoms with E-state index >= 15 is 0 Å². The molecule has 1 aromatic heterocycles. The summed E-state index contributed by atoms with van der Waals surface area (Å²) in [5.74, 6) is -0.517. The zero-order chi connectivity index (χ0) is 22.0. The molecule has 4 rings (SSSR count). The predicted octanol–water partition coefficient (Wildman–Crippen LogP) is 3.08. The summed E-state index contributed by atoms with van der Waals surface area (Å²) in [5.41, 5.74) is 1.73. The number of aromatic nitrogens is 1. The first-order valence-electron chi connectivity index (χ1n) is 10.2. The fraction of sp³-hybridized carbons (Fsp3) is 0.364. The maximum absolute atomic E-state index is 13.1. The molecule has 1 aliphatic rings. The number of ether oxygens (including phenoxy) is 1. The number of fused-ring (bicyclic) bond motifs is 1. The number of thiazole rings is 1. The van der Waals surface area contributed by atoms with Crippen LogP contribution in [0.2, 0.25) is 0 Å². The third-order valence-electron chi connectivity index (χ3n) is 5.53. The van der Waals surface area contributed by atoms with Crippen molar-refractivity contribution in [2.75, 3.05) is 19.7 Å². The van der Waals surface area contributed by atoms with Gasteiger partial charge in [-0.15, -0.1) is 0 Å². The third-order valence-corrected chi connectivity index (χ3v) is 8.37.